The van der Waals surface area contributed by atoms with Crippen LogP contribution in [0.25, 0.3) is 22.2 Å². The van der Waals surface area contributed by atoms with Crippen LogP contribution in [0.3, 0.4) is 0 Å². The monoisotopic (exact) mass is 386 g/mol. The van der Waals surface area contributed by atoms with Gasteiger partial charge in [0.1, 0.15) is 17.2 Å². The van der Waals surface area contributed by atoms with Crippen LogP contribution in [-0.4, -0.2) is 47.2 Å². The van der Waals surface area contributed by atoms with Gasteiger partial charge in [-0.05, 0) is 18.2 Å². The number of pyridine rings is 2. The molecule has 2 aromatic heterocycles. The zero-order valence-corrected chi connectivity index (χ0v) is 14.6. The molecule has 144 valence electrons. The first-order valence-corrected chi connectivity index (χ1v) is 8.66. The Hall–Kier alpha value is -3.33. The number of halogens is 2. The highest BCUT2D eigenvalue weighted by Crippen LogP contribution is 2.37. The molecule has 9 heteroatoms. The molecule has 0 radical (unpaired) electrons. The third-order valence-electron chi connectivity index (χ3n) is 4.75. The van der Waals surface area contributed by atoms with E-state index in [9.17, 15) is 19.1 Å². The predicted octanol–water partition coefficient (Wildman–Crippen LogP) is 1.98. The van der Waals surface area contributed by atoms with Crippen molar-refractivity contribution < 1.29 is 18.7 Å². The molecule has 1 fully saturated rings. The minimum atomic E-state index is -1.41. The summed E-state index contributed by atoms with van der Waals surface area (Å²) in [5.41, 5.74) is -0.213. The van der Waals surface area contributed by atoms with Gasteiger partial charge in [-0.2, -0.15) is 0 Å². The number of aromatic nitrogens is 2. The number of rotatable bonds is 3. The lowest BCUT2D eigenvalue weighted by atomic mass is 10.0. The van der Waals surface area contributed by atoms with Gasteiger partial charge in [0.2, 0.25) is 5.43 Å². The van der Waals surface area contributed by atoms with E-state index < -0.39 is 28.6 Å². The van der Waals surface area contributed by atoms with Gasteiger partial charge in [-0.1, -0.05) is 0 Å². The van der Waals surface area contributed by atoms with E-state index in [0.717, 1.165) is 18.5 Å². The number of piperazine rings is 1. The Balaban J connectivity index is 2.07. The fraction of sp³-hybridized carbons (Fsp3) is 0.211. The van der Waals surface area contributed by atoms with Gasteiger partial charge in [0.15, 0.2) is 0 Å². The van der Waals surface area contributed by atoms with E-state index >= 15 is 4.39 Å². The number of benzene rings is 1. The van der Waals surface area contributed by atoms with Crippen LogP contribution in [0.15, 0.2) is 35.4 Å². The minimum Gasteiger partial charge on any atom is -0.477 e. The standard InChI is InChI=1S/C19H16F2N4O3/c20-10-1-2-14(23-8-10)15-16-11(18(26)12(9-24-16)19(27)28)7-13(21)17(15)25-5-3-22-4-6-25/h1-2,7-9,22H,3-6H2,(H,24,26)(H,27,28). The maximum atomic E-state index is 15.2. The van der Waals surface area contributed by atoms with Gasteiger partial charge in [0.05, 0.1) is 34.0 Å². The first kappa shape index (κ1) is 18.1. The highest BCUT2D eigenvalue weighted by atomic mass is 19.1. The Labute approximate surface area is 157 Å². The van der Waals surface area contributed by atoms with Crippen molar-refractivity contribution >= 4 is 22.6 Å². The van der Waals surface area contributed by atoms with E-state index in [-0.39, 0.29) is 22.3 Å². The summed E-state index contributed by atoms with van der Waals surface area (Å²) in [5.74, 6) is -2.62. The Kier molecular flexibility index (Phi) is 4.52. The van der Waals surface area contributed by atoms with Crippen molar-refractivity contribution in [2.45, 2.75) is 0 Å². The SMILES string of the molecule is O=C(O)c1c[nH]c2c(-c3ccc(F)cn3)c(N3CCNCC3)c(F)cc2c1=O. The van der Waals surface area contributed by atoms with Crippen LogP contribution in [0.4, 0.5) is 14.5 Å². The van der Waals surface area contributed by atoms with Crippen molar-refractivity contribution in [1.82, 2.24) is 15.3 Å². The molecule has 3 heterocycles. The average molecular weight is 386 g/mol. The topological polar surface area (TPSA) is 98.3 Å². The minimum absolute atomic E-state index is 0.0996. The largest absolute Gasteiger partial charge is 0.477 e. The van der Waals surface area contributed by atoms with Crippen LogP contribution in [0.2, 0.25) is 0 Å². The molecule has 0 aliphatic carbocycles. The fourth-order valence-corrected chi connectivity index (χ4v) is 3.45. The van der Waals surface area contributed by atoms with E-state index in [1.807, 2.05) is 4.90 Å². The highest BCUT2D eigenvalue weighted by Gasteiger charge is 2.25. The molecule has 0 spiro atoms. The van der Waals surface area contributed by atoms with Crippen molar-refractivity contribution in [3.05, 3.63) is 58.0 Å². The fourth-order valence-electron chi connectivity index (χ4n) is 3.45. The molecule has 28 heavy (non-hydrogen) atoms. The number of nitrogens with zero attached hydrogens (tertiary/aromatic N) is 2. The summed E-state index contributed by atoms with van der Waals surface area (Å²) in [7, 11) is 0. The molecule has 0 amide bonds. The smallest absolute Gasteiger partial charge is 0.341 e. The number of aromatic carboxylic acids is 1. The second-order valence-corrected chi connectivity index (χ2v) is 6.44. The third kappa shape index (κ3) is 2.99. The number of H-pyrrole nitrogens is 1. The maximum absolute atomic E-state index is 15.2. The molecule has 3 N–H and O–H groups in total. The highest BCUT2D eigenvalue weighted by molar-refractivity contribution is 6.02. The number of nitrogens with one attached hydrogen (secondary N) is 2. The summed E-state index contributed by atoms with van der Waals surface area (Å²) in [4.78, 5) is 32.5. The summed E-state index contributed by atoms with van der Waals surface area (Å²) in [5, 5.41) is 12.3. The molecular formula is C19H16F2N4O3. The number of hydrogen-bond donors (Lipinski definition) is 3. The summed E-state index contributed by atoms with van der Waals surface area (Å²) < 4.78 is 28.6. The summed E-state index contributed by atoms with van der Waals surface area (Å²) in [6.07, 6.45) is 2.09. The Morgan fingerprint density at radius 3 is 2.61 bits per heavy atom. The zero-order valence-electron chi connectivity index (χ0n) is 14.6. The van der Waals surface area contributed by atoms with Crippen LogP contribution < -0.4 is 15.6 Å². The molecular weight excluding hydrogens is 370 g/mol. The molecule has 3 aromatic rings. The van der Waals surface area contributed by atoms with Crippen molar-refractivity contribution in [3.8, 4) is 11.3 Å². The number of carbonyl (C=O) groups is 1. The van der Waals surface area contributed by atoms with Crippen molar-refractivity contribution in [1.29, 1.82) is 0 Å². The van der Waals surface area contributed by atoms with Crippen molar-refractivity contribution in [2.24, 2.45) is 0 Å². The molecule has 0 bridgehead atoms. The van der Waals surface area contributed by atoms with Crippen molar-refractivity contribution in [2.75, 3.05) is 31.1 Å². The Morgan fingerprint density at radius 1 is 1.21 bits per heavy atom. The third-order valence-corrected chi connectivity index (χ3v) is 4.75. The number of carboxylic acid groups (broad SMARTS) is 1. The average Bonchev–Trinajstić information content (AvgIpc) is 2.69. The number of carboxylic acids is 1. The molecule has 4 rings (SSSR count). The van der Waals surface area contributed by atoms with Crippen LogP contribution in [0, 0.1) is 11.6 Å². The number of anilines is 1. The molecule has 1 saturated heterocycles. The van der Waals surface area contributed by atoms with Crippen LogP contribution in [0.1, 0.15) is 10.4 Å². The van der Waals surface area contributed by atoms with Gasteiger partial charge in [0.25, 0.3) is 0 Å². The lowest BCUT2D eigenvalue weighted by molar-refractivity contribution is 0.0695. The second-order valence-electron chi connectivity index (χ2n) is 6.44. The van der Waals surface area contributed by atoms with Gasteiger partial charge in [-0.25, -0.2) is 13.6 Å². The van der Waals surface area contributed by atoms with Crippen LogP contribution in [-0.2, 0) is 0 Å². The predicted molar refractivity (Wildman–Crippen MR) is 99.8 cm³/mol. The van der Waals surface area contributed by atoms with Gasteiger partial charge in [-0.3, -0.25) is 9.78 Å². The Morgan fingerprint density at radius 2 is 1.96 bits per heavy atom. The molecule has 1 aromatic carbocycles. The quantitative estimate of drug-likeness (QED) is 0.637. The second kappa shape index (κ2) is 7.01. The molecule has 1 aliphatic rings. The zero-order chi connectivity index (χ0) is 19.8. The lowest BCUT2D eigenvalue weighted by Crippen LogP contribution is -2.44. The summed E-state index contributed by atoms with van der Waals surface area (Å²) >= 11 is 0. The Bertz CT molecular complexity index is 1120. The van der Waals surface area contributed by atoms with Gasteiger partial charge < -0.3 is 20.3 Å². The van der Waals surface area contributed by atoms with Crippen LogP contribution >= 0.6 is 0 Å². The molecule has 0 saturated carbocycles. The lowest BCUT2D eigenvalue weighted by Gasteiger charge is -2.31. The number of aromatic amines is 1. The molecule has 0 unspecified atom stereocenters. The van der Waals surface area contributed by atoms with E-state index in [1.54, 1.807) is 0 Å². The molecule has 0 atom stereocenters. The molecule has 7 nitrogen and oxygen atoms in total. The maximum Gasteiger partial charge on any atom is 0.341 e. The van der Waals surface area contributed by atoms with E-state index in [2.05, 4.69) is 15.3 Å². The van der Waals surface area contributed by atoms with E-state index in [4.69, 9.17) is 0 Å². The van der Waals surface area contributed by atoms with Crippen LogP contribution in [0.5, 0.6) is 0 Å². The van der Waals surface area contributed by atoms with E-state index in [1.165, 1.54) is 12.1 Å². The summed E-state index contributed by atoms with van der Waals surface area (Å²) in [6, 6.07) is 3.65. The van der Waals surface area contributed by atoms with Gasteiger partial charge >= 0.3 is 5.97 Å². The number of fused-ring (bicyclic) bond motifs is 1. The first-order chi connectivity index (χ1) is 13.5. The summed E-state index contributed by atoms with van der Waals surface area (Å²) in [6.45, 7) is 2.38. The van der Waals surface area contributed by atoms with Crippen molar-refractivity contribution in [3.63, 3.8) is 0 Å². The molecule has 1 aliphatic heterocycles. The van der Waals surface area contributed by atoms with Gasteiger partial charge in [0, 0.05) is 32.4 Å². The normalized spacial score (nSPS) is 14.4. The first-order valence-electron chi connectivity index (χ1n) is 8.66. The van der Waals surface area contributed by atoms with E-state index in [0.29, 0.717) is 31.7 Å². The number of hydrogen-bond acceptors (Lipinski definition) is 5. The van der Waals surface area contributed by atoms with Gasteiger partial charge in [-0.15, -0.1) is 0 Å².